The Labute approximate surface area is 156 Å². The third-order valence-electron chi connectivity index (χ3n) is 4.33. The maximum atomic E-state index is 12.4. The highest BCUT2D eigenvalue weighted by atomic mass is 16.5. The van der Waals surface area contributed by atoms with Gasteiger partial charge in [-0.1, -0.05) is 0 Å². The zero-order valence-corrected chi connectivity index (χ0v) is 15.4. The number of nitrogens with one attached hydrogen (secondary N) is 1. The second kappa shape index (κ2) is 7.26. The minimum absolute atomic E-state index is 0.0336. The Morgan fingerprint density at radius 2 is 1.93 bits per heavy atom. The van der Waals surface area contributed by atoms with E-state index in [4.69, 9.17) is 9.47 Å². The van der Waals surface area contributed by atoms with Crippen molar-refractivity contribution in [3.8, 4) is 11.5 Å². The molecule has 2 aliphatic rings. The third kappa shape index (κ3) is 3.44. The van der Waals surface area contributed by atoms with Gasteiger partial charge in [-0.15, -0.1) is 0 Å². The van der Waals surface area contributed by atoms with Crippen LogP contribution in [0.25, 0.3) is 0 Å². The summed E-state index contributed by atoms with van der Waals surface area (Å²) in [6.07, 6.45) is 0.779. The molecule has 1 fully saturated rings. The molecule has 2 aliphatic heterocycles. The molecular formula is C18H21N3O6. The molecule has 0 saturated carbocycles. The zero-order valence-electron chi connectivity index (χ0n) is 15.4. The normalized spacial score (nSPS) is 18.6. The van der Waals surface area contributed by atoms with Gasteiger partial charge < -0.3 is 14.8 Å². The summed E-state index contributed by atoms with van der Waals surface area (Å²) in [5, 5.41) is 2.64. The van der Waals surface area contributed by atoms with Crippen LogP contribution < -0.4 is 14.8 Å². The van der Waals surface area contributed by atoms with Gasteiger partial charge in [0, 0.05) is 24.6 Å². The molecule has 0 spiro atoms. The van der Waals surface area contributed by atoms with Gasteiger partial charge in [0.25, 0.3) is 0 Å². The van der Waals surface area contributed by atoms with Crippen LogP contribution in [0.3, 0.4) is 0 Å². The Hall–Kier alpha value is -3.10. The van der Waals surface area contributed by atoms with E-state index in [0.29, 0.717) is 28.7 Å². The topological polar surface area (TPSA) is 105 Å². The van der Waals surface area contributed by atoms with Crippen molar-refractivity contribution >= 4 is 29.4 Å². The minimum Gasteiger partial charge on any atom is -0.492 e. The highest BCUT2D eigenvalue weighted by molar-refractivity contribution is 6.45. The van der Waals surface area contributed by atoms with Crippen LogP contribution in [0.5, 0.6) is 11.5 Å². The molecule has 9 nitrogen and oxygen atoms in total. The van der Waals surface area contributed by atoms with E-state index >= 15 is 0 Å². The number of rotatable bonds is 6. The molecule has 144 valence electrons. The van der Waals surface area contributed by atoms with Crippen molar-refractivity contribution in [3.63, 3.8) is 0 Å². The molecule has 0 radical (unpaired) electrons. The fraction of sp³-hybridized carbons (Fsp3) is 0.444. The van der Waals surface area contributed by atoms with Crippen molar-refractivity contribution < 1.29 is 28.7 Å². The summed E-state index contributed by atoms with van der Waals surface area (Å²) in [6, 6.07) is 2.68. The Morgan fingerprint density at radius 3 is 2.56 bits per heavy atom. The van der Waals surface area contributed by atoms with Gasteiger partial charge >= 0.3 is 17.8 Å². The molecule has 1 aromatic carbocycles. The summed E-state index contributed by atoms with van der Waals surface area (Å²) in [4.78, 5) is 49.6. The van der Waals surface area contributed by atoms with E-state index in [1.165, 1.54) is 0 Å². The summed E-state index contributed by atoms with van der Waals surface area (Å²) < 4.78 is 11.3. The lowest BCUT2D eigenvalue weighted by Gasteiger charge is -2.16. The standard InChI is InChI=1S/C18H21N3O6/c1-4-20-16(23)17(24)21(18(20)25)9-15(22)19-12-8-13-11(6-10(3)27-13)7-14(12)26-5-2/h7-8,10H,4-6,9H2,1-3H3,(H,19,22)/t10-/m0/s1. The first kappa shape index (κ1) is 18.7. The summed E-state index contributed by atoms with van der Waals surface area (Å²) in [6.45, 7) is 5.26. The molecule has 1 saturated heterocycles. The lowest BCUT2D eigenvalue weighted by Crippen LogP contribution is -2.39. The summed E-state index contributed by atoms with van der Waals surface area (Å²) in [7, 11) is 0. The second-order valence-corrected chi connectivity index (χ2v) is 6.29. The molecule has 2 heterocycles. The SMILES string of the molecule is CCOc1cc2c(cc1NC(=O)CN1C(=O)C(=O)N(CC)C1=O)O[C@@H](C)C2. The first-order valence-corrected chi connectivity index (χ1v) is 8.79. The van der Waals surface area contributed by atoms with Crippen LogP contribution in [-0.2, 0) is 20.8 Å². The van der Waals surface area contributed by atoms with Crippen LogP contribution in [0.4, 0.5) is 10.5 Å². The monoisotopic (exact) mass is 375 g/mol. The molecule has 1 aromatic rings. The van der Waals surface area contributed by atoms with E-state index in [0.717, 1.165) is 16.9 Å². The van der Waals surface area contributed by atoms with Gasteiger partial charge in [0.05, 0.1) is 12.3 Å². The van der Waals surface area contributed by atoms with Gasteiger partial charge in [0.2, 0.25) is 5.91 Å². The lowest BCUT2D eigenvalue weighted by atomic mass is 10.1. The van der Waals surface area contributed by atoms with Gasteiger partial charge in [-0.3, -0.25) is 19.3 Å². The van der Waals surface area contributed by atoms with Crippen LogP contribution >= 0.6 is 0 Å². The van der Waals surface area contributed by atoms with Crippen LogP contribution in [0.15, 0.2) is 12.1 Å². The maximum absolute atomic E-state index is 12.4. The fourth-order valence-electron chi connectivity index (χ4n) is 3.11. The maximum Gasteiger partial charge on any atom is 0.334 e. The summed E-state index contributed by atoms with van der Waals surface area (Å²) in [5.74, 6) is -1.41. The van der Waals surface area contributed by atoms with Gasteiger partial charge in [-0.25, -0.2) is 9.69 Å². The minimum atomic E-state index is -1.01. The molecule has 1 atom stereocenters. The van der Waals surface area contributed by atoms with Gasteiger partial charge in [0.1, 0.15) is 24.1 Å². The van der Waals surface area contributed by atoms with Crippen molar-refractivity contribution in [3.05, 3.63) is 17.7 Å². The van der Waals surface area contributed by atoms with Crippen molar-refractivity contribution in [2.75, 3.05) is 25.0 Å². The number of carbonyl (C=O) groups excluding carboxylic acids is 4. The number of fused-ring (bicyclic) bond motifs is 1. The number of hydrogen-bond acceptors (Lipinski definition) is 6. The van der Waals surface area contributed by atoms with Crippen LogP contribution in [0.2, 0.25) is 0 Å². The Morgan fingerprint density at radius 1 is 1.22 bits per heavy atom. The van der Waals surface area contributed by atoms with E-state index in [-0.39, 0.29) is 12.6 Å². The number of amides is 5. The van der Waals surface area contributed by atoms with Crippen LogP contribution in [0.1, 0.15) is 26.3 Å². The number of hydrogen-bond donors (Lipinski definition) is 1. The summed E-state index contributed by atoms with van der Waals surface area (Å²) >= 11 is 0. The van der Waals surface area contributed by atoms with Crippen molar-refractivity contribution in [2.45, 2.75) is 33.3 Å². The number of nitrogens with zero attached hydrogens (tertiary/aromatic N) is 2. The molecule has 1 N–H and O–H groups in total. The summed E-state index contributed by atoms with van der Waals surface area (Å²) in [5.41, 5.74) is 1.37. The predicted molar refractivity (Wildman–Crippen MR) is 94.5 cm³/mol. The number of ether oxygens (including phenoxy) is 2. The Kier molecular flexibility index (Phi) is 5.02. The molecule has 5 amide bonds. The van der Waals surface area contributed by atoms with E-state index in [2.05, 4.69) is 5.32 Å². The number of urea groups is 1. The van der Waals surface area contributed by atoms with E-state index in [1.807, 2.05) is 19.9 Å². The first-order valence-electron chi connectivity index (χ1n) is 8.79. The number of carbonyl (C=O) groups is 4. The average molecular weight is 375 g/mol. The molecule has 0 unspecified atom stereocenters. The number of anilines is 1. The van der Waals surface area contributed by atoms with E-state index in [1.54, 1.807) is 13.0 Å². The van der Waals surface area contributed by atoms with Crippen molar-refractivity contribution in [1.82, 2.24) is 9.80 Å². The van der Waals surface area contributed by atoms with Crippen molar-refractivity contribution in [2.24, 2.45) is 0 Å². The molecule has 27 heavy (non-hydrogen) atoms. The van der Waals surface area contributed by atoms with E-state index < -0.39 is 30.3 Å². The fourth-order valence-corrected chi connectivity index (χ4v) is 3.11. The molecule has 0 aromatic heterocycles. The Balaban J connectivity index is 1.76. The van der Waals surface area contributed by atoms with E-state index in [9.17, 15) is 19.2 Å². The Bertz CT molecular complexity index is 822. The average Bonchev–Trinajstić information content (AvgIpc) is 3.07. The number of benzene rings is 1. The number of imide groups is 2. The first-order chi connectivity index (χ1) is 12.8. The highest BCUT2D eigenvalue weighted by Gasteiger charge is 2.44. The quantitative estimate of drug-likeness (QED) is 0.591. The second-order valence-electron chi connectivity index (χ2n) is 6.29. The molecule has 0 bridgehead atoms. The lowest BCUT2D eigenvalue weighted by molar-refractivity contribution is -0.143. The largest absolute Gasteiger partial charge is 0.492 e. The smallest absolute Gasteiger partial charge is 0.334 e. The third-order valence-corrected chi connectivity index (χ3v) is 4.33. The zero-order chi connectivity index (χ0) is 19.7. The van der Waals surface area contributed by atoms with Crippen LogP contribution in [0, 0.1) is 0 Å². The van der Waals surface area contributed by atoms with Gasteiger partial charge in [0.15, 0.2) is 0 Å². The molecule has 9 heteroatoms. The molecule has 0 aliphatic carbocycles. The van der Waals surface area contributed by atoms with Crippen LogP contribution in [-0.4, -0.2) is 59.4 Å². The molecule has 3 rings (SSSR count). The van der Waals surface area contributed by atoms with Gasteiger partial charge in [-0.05, 0) is 26.8 Å². The number of likely N-dealkylation sites (N-methyl/N-ethyl adjacent to an activating group) is 1. The predicted octanol–water partition coefficient (Wildman–Crippen LogP) is 1.16. The molecular weight excluding hydrogens is 354 g/mol. The highest BCUT2D eigenvalue weighted by Crippen LogP contribution is 2.38. The van der Waals surface area contributed by atoms with Gasteiger partial charge in [-0.2, -0.15) is 0 Å². The van der Waals surface area contributed by atoms with Crippen molar-refractivity contribution in [1.29, 1.82) is 0 Å².